The number of aryl methyl sites for hydroxylation is 1. The van der Waals surface area contributed by atoms with E-state index in [1.807, 2.05) is 25.1 Å². The van der Waals surface area contributed by atoms with Gasteiger partial charge in [0.2, 0.25) is 0 Å². The Hall–Kier alpha value is -2.20. The van der Waals surface area contributed by atoms with Gasteiger partial charge in [-0.05, 0) is 36.8 Å². The minimum Gasteiger partial charge on any atom is -0.491 e. The summed E-state index contributed by atoms with van der Waals surface area (Å²) in [6.07, 6.45) is 0. The fraction of sp³-hybridized carbons (Fsp3) is 0.188. The molecule has 2 N–H and O–H groups in total. The molecule has 4 nitrogen and oxygen atoms in total. The highest BCUT2D eigenvalue weighted by atomic mass is 35.5. The number of carboxylic acids is 1. The van der Waals surface area contributed by atoms with Gasteiger partial charge in [0, 0.05) is 6.54 Å². The van der Waals surface area contributed by atoms with Crippen LogP contribution in [0.15, 0.2) is 42.5 Å². The zero-order chi connectivity index (χ0) is 15.2. The van der Waals surface area contributed by atoms with E-state index in [2.05, 4.69) is 5.32 Å². The lowest BCUT2D eigenvalue weighted by Crippen LogP contribution is -2.13. The first kappa shape index (κ1) is 15.2. The molecule has 0 unspecified atom stereocenters. The average molecular weight is 306 g/mol. The molecule has 2 aromatic carbocycles. The summed E-state index contributed by atoms with van der Waals surface area (Å²) in [5.41, 5.74) is 2.08. The first-order valence-electron chi connectivity index (χ1n) is 6.53. The third-order valence-electron chi connectivity index (χ3n) is 2.92. The van der Waals surface area contributed by atoms with E-state index >= 15 is 0 Å². The van der Waals surface area contributed by atoms with E-state index in [4.69, 9.17) is 21.4 Å². The molecule has 2 aromatic rings. The fourth-order valence-corrected chi connectivity index (χ4v) is 2.18. The molecule has 0 fully saturated rings. The molecular weight excluding hydrogens is 290 g/mol. The van der Waals surface area contributed by atoms with Gasteiger partial charge in [0.05, 0.1) is 10.7 Å². The minimum atomic E-state index is -1.000. The lowest BCUT2D eigenvalue weighted by atomic mass is 10.2. The lowest BCUT2D eigenvalue weighted by Gasteiger charge is -2.11. The normalized spacial score (nSPS) is 10.2. The molecule has 0 aliphatic heterocycles. The summed E-state index contributed by atoms with van der Waals surface area (Å²) < 4.78 is 5.50. The second-order valence-electron chi connectivity index (χ2n) is 4.56. The quantitative estimate of drug-likeness (QED) is 0.796. The van der Waals surface area contributed by atoms with Crippen molar-refractivity contribution < 1.29 is 14.6 Å². The Morgan fingerprint density at radius 3 is 2.76 bits per heavy atom. The lowest BCUT2D eigenvalue weighted by molar-refractivity contribution is 0.0692. The molecule has 0 atom stereocenters. The van der Waals surface area contributed by atoms with Crippen LogP contribution in [0, 0.1) is 6.92 Å². The van der Waals surface area contributed by atoms with Crippen molar-refractivity contribution in [3.05, 3.63) is 58.6 Å². The number of rotatable bonds is 6. The van der Waals surface area contributed by atoms with Crippen LogP contribution >= 0.6 is 11.6 Å². The van der Waals surface area contributed by atoms with Crippen LogP contribution in [0.1, 0.15) is 15.9 Å². The van der Waals surface area contributed by atoms with Crippen LogP contribution in [-0.4, -0.2) is 24.2 Å². The Balaban J connectivity index is 1.89. The molecule has 0 aliphatic rings. The first-order chi connectivity index (χ1) is 10.1. The Morgan fingerprint density at radius 1 is 1.29 bits per heavy atom. The summed E-state index contributed by atoms with van der Waals surface area (Å²) in [4.78, 5) is 11.0. The highest BCUT2D eigenvalue weighted by molar-refractivity contribution is 6.33. The molecule has 0 aromatic heterocycles. The van der Waals surface area contributed by atoms with E-state index in [1.165, 1.54) is 6.07 Å². The molecule has 21 heavy (non-hydrogen) atoms. The van der Waals surface area contributed by atoms with E-state index in [0.717, 1.165) is 11.3 Å². The fourth-order valence-electron chi connectivity index (χ4n) is 1.88. The Kier molecular flexibility index (Phi) is 5.06. The highest BCUT2D eigenvalue weighted by Gasteiger charge is 2.09. The van der Waals surface area contributed by atoms with Gasteiger partial charge in [-0.2, -0.15) is 0 Å². The van der Waals surface area contributed by atoms with Gasteiger partial charge in [0.25, 0.3) is 0 Å². The van der Waals surface area contributed by atoms with E-state index in [0.29, 0.717) is 23.9 Å². The number of halogens is 1. The summed E-state index contributed by atoms with van der Waals surface area (Å²) in [6, 6.07) is 12.3. The van der Waals surface area contributed by atoms with Crippen LogP contribution in [0.4, 0.5) is 5.69 Å². The van der Waals surface area contributed by atoms with Crippen molar-refractivity contribution in [3.8, 4) is 5.75 Å². The average Bonchev–Trinajstić information content (AvgIpc) is 2.45. The second kappa shape index (κ2) is 6.99. The highest BCUT2D eigenvalue weighted by Crippen LogP contribution is 2.22. The van der Waals surface area contributed by atoms with Crippen LogP contribution in [0.3, 0.4) is 0 Å². The molecule has 0 saturated heterocycles. The number of anilines is 1. The van der Waals surface area contributed by atoms with Gasteiger partial charge < -0.3 is 15.2 Å². The van der Waals surface area contributed by atoms with Gasteiger partial charge in [-0.25, -0.2) is 4.79 Å². The van der Waals surface area contributed by atoms with Crippen molar-refractivity contribution in [3.63, 3.8) is 0 Å². The Morgan fingerprint density at radius 2 is 2.05 bits per heavy atom. The van der Waals surface area contributed by atoms with Gasteiger partial charge in [-0.1, -0.05) is 29.8 Å². The van der Waals surface area contributed by atoms with Crippen molar-refractivity contribution in [1.82, 2.24) is 0 Å². The maximum atomic E-state index is 11.0. The van der Waals surface area contributed by atoms with Crippen LogP contribution in [0.2, 0.25) is 5.02 Å². The SMILES string of the molecule is Cc1ccc(NCCOc2ccccc2C(=O)O)c(Cl)c1. The molecule has 110 valence electrons. The van der Waals surface area contributed by atoms with Gasteiger partial charge in [-0.15, -0.1) is 0 Å². The van der Waals surface area contributed by atoms with Gasteiger partial charge in [0.15, 0.2) is 0 Å². The minimum absolute atomic E-state index is 0.158. The van der Waals surface area contributed by atoms with Crippen molar-refractivity contribution in [2.75, 3.05) is 18.5 Å². The Bertz CT molecular complexity index is 643. The standard InChI is InChI=1S/C16H16ClNO3/c1-11-6-7-14(13(17)10-11)18-8-9-21-15-5-3-2-4-12(15)16(19)20/h2-7,10,18H,8-9H2,1H3,(H,19,20). The largest absolute Gasteiger partial charge is 0.491 e. The van der Waals surface area contributed by atoms with Crippen LogP contribution in [0.5, 0.6) is 5.75 Å². The number of aromatic carboxylic acids is 1. The molecule has 5 heteroatoms. The molecule has 0 amide bonds. The molecule has 0 spiro atoms. The molecule has 0 aliphatic carbocycles. The van der Waals surface area contributed by atoms with Crippen molar-refractivity contribution >= 4 is 23.3 Å². The Labute approximate surface area is 128 Å². The predicted octanol–water partition coefficient (Wildman–Crippen LogP) is 3.84. The van der Waals surface area contributed by atoms with Crippen molar-refractivity contribution in [2.45, 2.75) is 6.92 Å². The molecule has 0 radical (unpaired) electrons. The third kappa shape index (κ3) is 4.13. The number of para-hydroxylation sites is 1. The molecule has 0 bridgehead atoms. The number of hydrogen-bond acceptors (Lipinski definition) is 3. The monoisotopic (exact) mass is 305 g/mol. The number of carbonyl (C=O) groups is 1. The summed E-state index contributed by atoms with van der Waals surface area (Å²) in [6.45, 7) is 2.84. The second-order valence-corrected chi connectivity index (χ2v) is 4.97. The summed E-state index contributed by atoms with van der Waals surface area (Å²) >= 11 is 6.11. The number of benzene rings is 2. The zero-order valence-corrected chi connectivity index (χ0v) is 12.4. The zero-order valence-electron chi connectivity index (χ0n) is 11.6. The summed E-state index contributed by atoms with van der Waals surface area (Å²) in [5, 5.41) is 12.9. The maximum absolute atomic E-state index is 11.0. The molecule has 0 heterocycles. The predicted molar refractivity (Wildman–Crippen MR) is 83.6 cm³/mol. The van der Waals surface area contributed by atoms with E-state index in [9.17, 15) is 4.79 Å². The summed E-state index contributed by atoms with van der Waals surface area (Å²) in [7, 11) is 0. The maximum Gasteiger partial charge on any atom is 0.339 e. The van der Waals surface area contributed by atoms with Gasteiger partial charge >= 0.3 is 5.97 Å². The number of carboxylic acid groups (broad SMARTS) is 1. The van der Waals surface area contributed by atoms with Crippen molar-refractivity contribution in [2.24, 2.45) is 0 Å². The van der Waals surface area contributed by atoms with Crippen molar-refractivity contribution in [1.29, 1.82) is 0 Å². The molecule has 2 rings (SSSR count). The van der Waals surface area contributed by atoms with E-state index in [1.54, 1.807) is 18.2 Å². The smallest absolute Gasteiger partial charge is 0.339 e. The van der Waals surface area contributed by atoms with Crippen LogP contribution in [0.25, 0.3) is 0 Å². The third-order valence-corrected chi connectivity index (χ3v) is 3.23. The van der Waals surface area contributed by atoms with Crippen LogP contribution < -0.4 is 10.1 Å². The molecule has 0 saturated carbocycles. The summed E-state index contributed by atoms with van der Waals surface area (Å²) in [5.74, 6) is -0.637. The number of hydrogen-bond donors (Lipinski definition) is 2. The topological polar surface area (TPSA) is 58.6 Å². The van der Waals surface area contributed by atoms with E-state index in [-0.39, 0.29) is 5.56 Å². The number of ether oxygens (including phenoxy) is 1. The van der Waals surface area contributed by atoms with Crippen LogP contribution in [-0.2, 0) is 0 Å². The van der Waals surface area contributed by atoms with E-state index < -0.39 is 5.97 Å². The number of nitrogens with one attached hydrogen (secondary N) is 1. The van der Waals surface area contributed by atoms with Gasteiger partial charge in [0.1, 0.15) is 17.9 Å². The first-order valence-corrected chi connectivity index (χ1v) is 6.91. The van der Waals surface area contributed by atoms with Gasteiger partial charge in [-0.3, -0.25) is 0 Å². The molecular formula is C16H16ClNO3.